The van der Waals surface area contributed by atoms with Crippen LogP contribution >= 0.6 is 7.75 Å². The zero-order valence-electron chi connectivity index (χ0n) is 24.0. The van der Waals surface area contributed by atoms with Gasteiger partial charge in [0.1, 0.15) is 36.1 Å². The number of carbonyl (C=O) groups excluding carboxylic acids is 1. The molecular formula is C26H36N9O8P. The van der Waals surface area contributed by atoms with E-state index < -0.39 is 62.7 Å². The van der Waals surface area contributed by atoms with Gasteiger partial charge < -0.3 is 40.2 Å². The monoisotopic (exact) mass is 633 g/mol. The molecule has 238 valence electrons. The van der Waals surface area contributed by atoms with Crippen molar-refractivity contribution in [2.24, 2.45) is 20.8 Å². The van der Waals surface area contributed by atoms with Crippen LogP contribution < -0.4 is 20.7 Å². The van der Waals surface area contributed by atoms with Crippen molar-refractivity contribution in [3.63, 3.8) is 0 Å². The van der Waals surface area contributed by atoms with Crippen molar-refractivity contribution in [2.75, 3.05) is 6.61 Å². The Labute approximate surface area is 253 Å². The van der Waals surface area contributed by atoms with Crippen molar-refractivity contribution in [2.45, 2.75) is 87.5 Å². The van der Waals surface area contributed by atoms with Crippen LogP contribution in [-0.2, 0) is 23.4 Å². The van der Waals surface area contributed by atoms with Gasteiger partial charge in [-0.3, -0.25) is 14.3 Å². The van der Waals surface area contributed by atoms with E-state index in [2.05, 4.69) is 37.0 Å². The normalized spacial score (nSPS) is 32.1. The highest BCUT2D eigenvalue weighted by molar-refractivity contribution is 7.52. The molecule has 17 nitrogen and oxygen atoms in total. The molecule has 5 rings (SSSR count). The molecule has 4 unspecified atom stereocenters. The summed E-state index contributed by atoms with van der Waals surface area (Å²) >= 11 is 0. The summed E-state index contributed by atoms with van der Waals surface area (Å²) in [6.45, 7) is 4.47. The van der Waals surface area contributed by atoms with Crippen LogP contribution in [0.2, 0.25) is 0 Å². The van der Waals surface area contributed by atoms with Crippen LogP contribution in [0.3, 0.4) is 0 Å². The second-order valence-electron chi connectivity index (χ2n) is 10.9. The van der Waals surface area contributed by atoms with Gasteiger partial charge >= 0.3 is 13.7 Å². The molecule has 1 aliphatic carbocycles. The summed E-state index contributed by atoms with van der Waals surface area (Å²) in [4.78, 5) is 25.7. The zero-order chi connectivity index (χ0) is 31.5. The minimum absolute atomic E-state index is 0.0608. The number of benzene rings is 1. The van der Waals surface area contributed by atoms with Crippen molar-refractivity contribution < 1.29 is 38.1 Å². The van der Waals surface area contributed by atoms with Gasteiger partial charge in [-0.05, 0) is 50.3 Å². The third-order valence-corrected chi connectivity index (χ3v) is 9.35. The molecule has 44 heavy (non-hydrogen) atoms. The topological polar surface area (TPSA) is 238 Å². The van der Waals surface area contributed by atoms with Crippen LogP contribution in [-0.4, -0.2) is 88.5 Å². The third-order valence-electron chi connectivity index (χ3n) is 7.73. The molecule has 8 atom stereocenters. The second-order valence-corrected chi connectivity index (χ2v) is 12.6. The number of para-hydroxylation sites is 1. The first-order valence-corrected chi connectivity index (χ1v) is 15.8. The van der Waals surface area contributed by atoms with E-state index in [4.69, 9.17) is 24.3 Å². The number of nitrogens with zero attached hydrogens (tertiary/aromatic N) is 6. The fourth-order valence-corrected chi connectivity index (χ4v) is 6.95. The Hall–Kier alpha value is -3.69. The number of rotatable bonds is 11. The summed E-state index contributed by atoms with van der Waals surface area (Å²) in [6, 6.07) is 6.34. The van der Waals surface area contributed by atoms with Crippen LogP contribution in [0.15, 0.2) is 57.7 Å². The van der Waals surface area contributed by atoms with Gasteiger partial charge in [-0.1, -0.05) is 36.3 Å². The molecular weight excluding hydrogens is 597 g/mol. The summed E-state index contributed by atoms with van der Waals surface area (Å²) in [6.07, 6.45) is -0.0731. The van der Waals surface area contributed by atoms with Gasteiger partial charge in [0.25, 0.3) is 0 Å². The van der Waals surface area contributed by atoms with Crippen molar-refractivity contribution in [1.29, 1.82) is 0 Å². The molecule has 6 N–H and O–H groups in total. The van der Waals surface area contributed by atoms with Crippen LogP contribution in [0, 0.1) is 0 Å². The molecule has 0 spiro atoms. The van der Waals surface area contributed by atoms with Crippen molar-refractivity contribution in [1.82, 2.24) is 15.3 Å². The number of nitrogens with one attached hydrogen (secondary N) is 2. The summed E-state index contributed by atoms with van der Waals surface area (Å²) in [7, 11) is -4.46. The number of ether oxygens (including phenoxy) is 2. The number of aliphatic imine (C=N–C) groups is 2. The van der Waals surface area contributed by atoms with E-state index in [0.29, 0.717) is 5.70 Å². The predicted molar refractivity (Wildman–Crippen MR) is 157 cm³/mol. The first kappa shape index (κ1) is 31.7. The third kappa shape index (κ3) is 6.69. The van der Waals surface area contributed by atoms with Gasteiger partial charge in [0, 0.05) is 10.6 Å². The van der Waals surface area contributed by atoms with E-state index in [1.54, 1.807) is 18.2 Å². The Balaban J connectivity index is 1.35. The average Bonchev–Trinajstić information content (AvgIpc) is 3.52. The Morgan fingerprint density at radius 3 is 2.80 bits per heavy atom. The number of hydrogen-bond donors (Lipinski definition) is 5. The van der Waals surface area contributed by atoms with Crippen LogP contribution in [0.4, 0.5) is 0 Å². The molecule has 0 aromatic heterocycles. The molecule has 2 fully saturated rings. The first-order valence-electron chi connectivity index (χ1n) is 14.2. The number of azide groups is 1. The zero-order valence-corrected chi connectivity index (χ0v) is 24.9. The maximum atomic E-state index is 14.1. The molecule has 1 aromatic carbocycles. The van der Waals surface area contributed by atoms with Gasteiger partial charge in [0.05, 0.1) is 12.9 Å². The van der Waals surface area contributed by atoms with Crippen LogP contribution in [0.5, 0.6) is 5.75 Å². The van der Waals surface area contributed by atoms with E-state index in [9.17, 15) is 25.1 Å². The lowest BCUT2D eigenvalue weighted by Crippen LogP contribution is -2.53. The largest absolute Gasteiger partial charge is 0.461 e. The Morgan fingerprint density at radius 1 is 1.36 bits per heavy atom. The van der Waals surface area contributed by atoms with Gasteiger partial charge in [-0.15, -0.1) is 0 Å². The fraction of sp³-hybridized carbons (Fsp3) is 0.577. The van der Waals surface area contributed by atoms with E-state index in [-0.39, 0.29) is 17.8 Å². The maximum absolute atomic E-state index is 14.1. The van der Waals surface area contributed by atoms with Gasteiger partial charge in [-0.25, -0.2) is 9.56 Å². The molecule has 0 bridgehead atoms. The number of carbonyl (C=O) groups is 1. The lowest BCUT2D eigenvalue weighted by Gasteiger charge is -2.34. The van der Waals surface area contributed by atoms with E-state index in [0.717, 1.165) is 32.1 Å². The fourth-order valence-electron chi connectivity index (χ4n) is 5.44. The highest BCUT2D eigenvalue weighted by atomic mass is 31.2. The minimum atomic E-state index is -4.46. The molecule has 0 amide bonds. The summed E-state index contributed by atoms with van der Waals surface area (Å²) in [5, 5.41) is 31.1. The second kappa shape index (κ2) is 13.1. The van der Waals surface area contributed by atoms with Crippen LogP contribution in [0.25, 0.3) is 10.4 Å². The number of nitrogens with two attached hydrogens (primary N) is 1. The maximum Gasteiger partial charge on any atom is 0.459 e. The van der Waals surface area contributed by atoms with Gasteiger partial charge in [0.15, 0.2) is 18.4 Å². The highest BCUT2D eigenvalue weighted by Crippen LogP contribution is 2.48. The molecule has 1 saturated carbocycles. The standard InChI is InChI=1S/C26H36N9O8P/c1-15-19-22(31-25(27)30-15)35(14-29-19)23-20(36)21(37)26(42-23,33-34-28)13-40-44(39,43-18-11-7-4-8-12-18)32-16(2)24(38)41-17-9-5-3-6-10-17/h4,7-8,11-12,14,16-17,19-23,36-37H,1,3,5-6,9-10,13H2,2H3,(H,32,39)(H3,27,30,31)/t16?,19?,20-,21+,22?,23-,26-,44?/m1/s1. The number of hydrogen-bond acceptors (Lipinski definition) is 14. The molecule has 1 saturated heterocycles. The average molecular weight is 634 g/mol. The summed E-state index contributed by atoms with van der Waals surface area (Å²) < 4.78 is 37.0. The Kier molecular flexibility index (Phi) is 9.46. The molecule has 1 aromatic rings. The highest BCUT2D eigenvalue weighted by Gasteiger charge is 2.59. The van der Waals surface area contributed by atoms with Crippen LogP contribution in [0.1, 0.15) is 39.0 Å². The molecule has 4 aliphatic rings. The predicted octanol–water partition coefficient (Wildman–Crippen LogP) is 1.60. The number of guanidine groups is 1. The summed E-state index contributed by atoms with van der Waals surface area (Å²) in [5.74, 6) is -0.451. The van der Waals surface area contributed by atoms with Crippen molar-refractivity contribution >= 4 is 26.0 Å². The Morgan fingerprint density at radius 2 is 2.09 bits per heavy atom. The first-order chi connectivity index (χ1) is 21.0. The van der Waals surface area contributed by atoms with Gasteiger partial charge in [0.2, 0.25) is 5.72 Å². The minimum Gasteiger partial charge on any atom is -0.461 e. The summed E-state index contributed by atoms with van der Waals surface area (Å²) in [5.41, 5.74) is 13.4. The molecule has 3 aliphatic heterocycles. The smallest absolute Gasteiger partial charge is 0.459 e. The molecule has 3 heterocycles. The SMILES string of the molecule is C=C1NC(N)=NC2C1N=CN2[C@@H]1O[C@@](COP(=O)(NC(C)C(=O)OC2CCCCC2)Oc2ccccc2)(N=[N+]=[N-])[C@@H](O)[C@H]1O. The number of fused-ring (bicyclic) bond motifs is 1. The molecule has 18 heteroatoms. The lowest BCUT2D eigenvalue weighted by atomic mass is 9.98. The van der Waals surface area contributed by atoms with E-state index >= 15 is 0 Å². The quantitative estimate of drug-likeness (QED) is 0.0768. The van der Waals surface area contributed by atoms with Gasteiger partial charge in [-0.2, -0.15) is 5.09 Å². The molecule has 0 radical (unpaired) electrons. The van der Waals surface area contributed by atoms with Crippen molar-refractivity contribution in [3.05, 3.63) is 53.1 Å². The lowest BCUT2D eigenvalue weighted by molar-refractivity contribution is -0.152. The van der Waals surface area contributed by atoms with E-state index in [1.165, 1.54) is 30.3 Å². The number of aliphatic hydroxyl groups is 2. The van der Waals surface area contributed by atoms with E-state index in [1.807, 2.05) is 0 Å². The van der Waals surface area contributed by atoms with Crippen molar-refractivity contribution in [3.8, 4) is 5.75 Å². The number of aliphatic hydroxyl groups excluding tert-OH is 2. The Bertz CT molecular complexity index is 1390. The number of esters is 1.